The Balaban J connectivity index is 1.84. The van der Waals surface area contributed by atoms with Gasteiger partial charge in [0.25, 0.3) is 0 Å². The molecule has 0 bridgehead atoms. The smallest absolute Gasteiger partial charge is 0.399 e. The van der Waals surface area contributed by atoms with Gasteiger partial charge in [-0.2, -0.15) is 5.10 Å². The molecule has 4 rings (SSSR count). The Morgan fingerprint density at radius 3 is 2.59 bits per heavy atom. The SMILES string of the molecule is CC1(C)OB(c2c(CCCO)c(Cl)cc3c2cnn3C2CCCCO2)OC1(C)C. The Morgan fingerprint density at radius 2 is 1.97 bits per heavy atom. The number of benzene rings is 1. The molecule has 1 atom stereocenters. The molecule has 6 nitrogen and oxygen atoms in total. The van der Waals surface area contributed by atoms with Crippen LogP contribution in [-0.2, 0) is 20.5 Å². The van der Waals surface area contributed by atoms with Gasteiger partial charge in [0.15, 0.2) is 6.23 Å². The zero-order valence-corrected chi connectivity index (χ0v) is 18.5. The van der Waals surface area contributed by atoms with Crippen molar-refractivity contribution in [2.24, 2.45) is 0 Å². The Kier molecular flexibility index (Phi) is 5.72. The molecule has 1 aromatic heterocycles. The first-order valence-corrected chi connectivity index (χ1v) is 10.9. The molecule has 0 aliphatic carbocycles. The number of aromatic nitrogens is 2. The van der Waals surface area contributed by atoms with E-state index in [4.69, 9.17) is 25.6 Å². The fourth-order valence-electron chi connectivity index (χ4n) is 4.11. The molecule has 2 saturated heterocycles. The van der Waals surface area contributed by atoms with Gasteiger partial charge in [-0.1, -0.05) is 11.6 Å². The van der Waals surface area contributed by atoms with Gasteiger partial charge in [0.05, 0.1) is 22.9 Å². The molecule has 2 aromatic rings. The number of fused-ring (bicyclic) bond motifs is 1. The van der Waals surface area contributed by atoms with Crippen LogP contribution in [0.1, 0.15) is 65.2 Å². The largest absolute Gasteiger partial charge is 0.495 e. The Bertz CT molecular complexity index is 876. The van der Waals surface area contributed by atoms with Crippen molar-refractivity contribution in [3.63, 3.8) is 0 Å². The van der Waals surface area contributed by atoms with Gasteiger partial charge >= 0.3 is 7.12 Å². The van der Waals surface area contributed by atoms with Crippen molar-refractivity contribution in [2.45, 2.75) is 77.2 Å². The average Bonchev–Trinajstić information content (AvgIpc) is 3.17. The van der Waals surface area contributed by atoms with Crippen molar-refractivity contribution in [1.29, 1.82) is 0 Å². The van der Waals surface area contributed by atoms with E-state index in [9.17, 15) is 5.11 Å². The summed E-state index contributed by atoms with van der Waals surface area (Å²) < 4.78 is 20.6. The maximum atomic E-state index is 9.39. The van der Waals surface area contributed by atoms with Crippen molar-refractivity contribution in [3.8, 4) is 0 Å². The van der Waals surface area contributed by atoms with E-state index in [1.165, 1.54) is 0 Å². The maximum absolute atomic E-state index is 9.39. The highest BCUT2D eigenvalue weighted by Crippen LogP contribution is 2.38. The minimum Gasteiger partial charge on any atom is -0.399 e. The number of aliphatic hydroxyl groups is 1. The summed E-state index contributed by atoms with van der Waals surface area (Å²) in [6, 6.07) is 1.96. The van der Waals surface area contributed by atoms with Crippen molar-refractivity contribution in [3.05, 3.63) is 22.8 Å². The molecule has 0 saturated carbocycles. The summed E-state index contributed by atoms with van der Waals surface area (Å²) in [6.07, 6.45) is 6.21. The van der Waals surface area contributed by atoms with Crippen LogP contribution in [0.2, 0.25) is 5.02 Å². The second-order valence-electron chi connectivity index (χ2n) is 9.01. The molecular weight excluding hydrogens is 391 g/mol. The molecule has 8 heteroatoms. The highest BCUT2D eigenvalue weighted by molar-refractivity contribution is 6.66. The van der Waals surface area contributed by atoms with Gasteiger partial charge in [-0.25, -0.2) is 4.68 Å². The minimum absolute atomic E-state index is 0.0771. The number of nitrogens with zero attached hydrogens (tertiary/aromatic N) is 2. The summed E-state index contributed by atoms with van der Waals surface area (Å²) in [7, 11) is -0.542. The van der Waals surface area contributed by atoms with Crippen LogP contribution in [-0.4, -0.2) is 46.4 Å². The van der Waals surface area contributed by atoms with Crippen LogP contribution in [0, 0.1) is 0 Å². The van der Waals surface area contributed by atoms with E-state index >= 15 is 0 Å². The van der Waals surface area contributed by atoms with E-state index in [0.29, 0.717) is 17.9 Å². The number of hydrogen-bond acceptors (Lipinski definition) is 5. The molecule has 1 unspecified atom stereocenters. The van der Waals surface area contributed by atoms with E-state index in [1.807, 2.05) is 44.6 Å². The second kappa shape index (κ2) is 7.86. The minimum atomic E-state index is -0.542. The highest BCUT2D eigenvalue weighted by atomic mass is 35.5. The molecule has 158 valence electrons. The van der Waals surface area contributed by atoms with Crippen LogP contribution in [0.3, 0.4) is 0 Å². The van der Waals surface area contributed by atoms with Crippen LogP contribution < -0.4 is 5.46 Å². The summed E-state index contributed by atoms with van der Waals surface area (Å²) in [5, 5.41) is 15.7. The molecule has 0 spiro atoms. The molecule has 0 amide bonds. The summed E-state index contributed by atoms with van der Waals surface area (Å²) in [4.78, 5) is 0. The Hall–Kier alpha value is -1.12. The zero-order valence-electron chi connectivity index (χ0n) is 17.7. The second-order valence-corrected chi connectivity index (χ2v) is 9.42. The predicted molar refractivity (Wildman–Crippen MR) is 115 cm³/mol. The van der Waals surface area contributed by atoms with E-state index in [2.05, 4.69) is 5.10 Å². The summed E-state index contributed by atoms with van der Waals surface area (Å²) >= 11 is 6.76. The van der Waals surface area contributed by atoms with Crippen molar-refractivity contribution >= 4 is 35.1 Å². The monoisotopic (exact) mass is 420 g/mol. The van der Waals surface area contributed by atoms with Gasteiger partial charge in [0.1, 0.15) is 0 Å². The molecular formula is C21H30BClN2O4. The number of aliphatic hydroxyl groups excluding tert-OH is 1. The molecule has 0 radical (unpaired) electrons. The predicted octanol–water partition coefficient (Wildman–Crippen LogP) is 3.61. The summed E-state index contributed by atoms with van der Waals surface area (Å²) in [5.41, 5.74) is 1.89. The molecule has 29 heavy (non-hydrogen) atoms. The first-order valence-electron chi connectivity index (χ1n) is 10.5. The molecule has 1 N–H and O–H groups in total. The molecule has 3 heterocycles. The number of hydrogen-bond donors (Lipinski definition) is 1. The third-order valence-corrected chi connectivity index (χ3v) is 6.84. The topological polar surface area (TPSA) is 65.7 Å². The third kappa shape index (κ3) is 3.72. The van der Waals surface area contributed by atoms with Crippen molar-refractivity contribution in [2.75, 3.05) is 13.2 Å². The Morgan fingerprint density at radius 1 is 1.24 bits per heavy atom. The standard InChI is InChI=1S/C21H30BClN2O4/c1-20(2)21(3,4)29-22(28-20)19-14(8-7-10-26)16(23)12-17-15(19)13-24-25(17)18-9-5-6-11-27-18/h12-13,18,26H,5-11H2,1-4H3. The van der Waals surface area contributed by atoms with Crippen molar-refractivity contribution in [1.82, 2.24) is 9.78 Å². The van der Waals surface area contributed by atoms with Gasteiger partial charge in [-0.05, 0) is 76.9 Å². The number of halogens is 1. The fourth-order valence-corrected chi connectivity index (χ4v) is 4.41. The quantitative estimate of drug-likeness (QED) is 0.749. The zero-order chi connectivity index (χ0) is 20.8. The van der Waals surface area contributed by atoms with E-state index in [0.717, 1.165) is 47.8 Å². The number of ether oxygens (including phenoxy) is 1. The van der Waals surface area contributed by atoms with Gasteiger partial charge in [0, 0.05) is 23.6 Å². The lowest BCUT2D eigenvalue weighted by Gasteiger charge is -2.32. The first kappa shape index (κ1) is 21.1. The lowest BCUT2D eigenvalue weighted by atomic mass is 9.73. The maximum Gasteiger partial charge on any atom is 0.495 e. The van der Waals surface area contributed by atoms with E-state index in [-0.39, 0.29) is 12.8 Å². The first-order chi connectivity index (χ1) is 13.7. The van der Waals surface area contributed by atoms with Crippen LogP contribution in [0.4, 0.5) is 0 Å². The van der Waals surface area contributed by atoms with Crippen molar-refractivity contribution < 1.29 is 19.2 Å². The molecule has 2 aliphatic rings. The molecule has 2 aliphatic heterocycles. The summed E-state index contributed by atoms with van der Waals surface area (Å²) in [5.74, 6) is 0. The van der Waals surface area contributed by atoms with Crippen LogP contribution in [0.25, 0.3) is 10.9 Å². The van der Waals surface area contributed by atoms with Crippen LogP contribution in [0.15, 0.2) is 12.3 Å². The van der Waals surface area contributed by atoms with Gasteiger partial charge < -0.3 is 19.2 Å². The Labute approximate surface area is 177 Å². The lowest BCUT2D eigenvalue weighted by Crippen LogP contribution is -2.41. The molecule has 2 fully saturated rings. The van der Waals surface area contributed by atoms with E-state index in [1.54, 1.807) is 0 Å². The third-order valence-electron chi connectivity index (χ3n) is 6.50. The normalized spacial score (nSPS) is 23.8. The lowest BCUT2D eigenvalue weighted by molar-refractivity contribution is -0.0366. The van der Waals surface area contributed by atoms with Crippen LogP contribution >= 0.6 is 11.6 Å². The van der Waals surface area contributed by atoms with Crippen LogP contribution in [0.5, 0.6) is 0 Å². The van der Waals surface area contributed by atoms with Gasteiger partial charge in [-0.15, -0.1) is 0 Å². The molecule has 1 aromatic carbocycles. The van der Waals surface area contributed by atoms with E-state index < -0.39 is 18.3 Å². The van der Waals surface area contributed by atoms with Gasteiger partial charge in [0.2, 0.25) is 0 Å². The average molecular weight is 421 g/mol. The summed E-state index contributed by atoms with van der Waals surface area (Å²) in [6.45, 7) is 9.02. The highest BCUT2D eigenvalue weighted by Gasteiger charge is 2.53. The fraction of sp³-hybridized carbons (Fsp3) is 0.667. The number of rotatable bonds is 5. The van der Waals surface area contributed by atoms with Gasteiger partial charge in [-0.3, -0.25) is 0 Å².